The van der Waals surface area contributed by atoms with Gasteiger partial charge in [0.1, 0.15) is 22.9 Å². The minimum atomic E-state index is -0.145. The van der Waals surface area contributed by atoms with Crippen molar-refractivity contribution in [2.45, 2.75) is 51.3 Å². The van der Waals surface area contributed by atoms with Gasteiger partial charge in [-0.15, -0.1) is 5.10 Å². The van der Waals surface area contributed by atoms with Crippen LogP contribution in [0.15, 0.2) is 36.9 Å². The second-order valence-corrected chi connectivity index (χ2v) is 11.2. The summed E-state index contributed by atoms with van der Waals surface area (Å²) in [6.07, 6.45) is 9.89. The lowest BCUT2D eigenvalue weighted by Gasteiger charge is -2.41. The van der Waals surface area contributed by atoms with Gasteiger partial charge in [-0.1, -0.05) is 0 Å². The van der Waals surface area contributed by atoms with E-state index >= 15 is 0 Å². The highest BCUT2D eigenvalue weighted by atomic mass is 16.5. The minimum Gasteiger partial charge on any atom is -0.490 e. The Kier molecular flexibility index (Phi) is 7.58. The fourth-order valence-electron chi connectivity index (χ4n) is 5.78. The predicted molar refractivity (Wildman–Crippen MR) is 159 cm³/mol. The van der Waals surface area contributed by atoms with Crippen LogP contribution in [-0.2, 0) is 11.8 Å². The molecule has 0 radical (unpaired) electrons. The summed E-state index contributed by atoms with van der Waals surface area (Å²) < 4.78 is 27.9. The van der Waals surface area contributed by atoms with Gasteiger partial charge in [-0.25, -0.2) is 19.6 Å². The molecule has 0 spiro atoms. The molecule has 226 valence electrons. The van der Waals surface area contributed by atoms with Crippen molar-refractivity contribution in [2.75, 3.05) is 44.8 Å². The van der Waals surface area contributed by atoms with Gasteiger partial charge in [0.05, 0.1) is 56.4 Å². The molecule has 2 fully saturated rings. The van der Waals surface area contributed by atoms with Crippen molar-refractivity contribution in [2.24, 2.45) is 7.05 Å². The van der Waals surface area contributed by atoms with E-state index in [0.717, 1.165) is 55.8 Å². The first-order valence-electron chi connectivity index (χ1n) is 15.0. The van der Waals surface area contributed by atoms with E-state index in [2.05, 4.69) is 31.2 Å². The normalized spacial score (nSPS) is 19.7. The van der Waals surface area contributed by atoms with Crippen LogP contribution in [0, 0.1) is 0 Å². The molecule has 13 heteroatoms. The van der Waals surface area contributed by atoms with Crippen molar-refractivity contribution in [1.82, 2.24) is 39.4 Å². The maximum Gasteiger partial charge on any atom is 0.240 e. The summed E-state index contributed by atoms with van der Waals surface area (Å²) >= 11 is 0. The topological polar surface area (TPSA) is 126 Å². The first-order valence-corrected chi connectivity index (χ1v) is 15.0. The highest BCUT2D eigenvalue weighted by molar-refractivity contribution is 5.75. The molecule has 4 aromatic heterocycles. The molecule has 13 nitrogen and oxygen atoms in total. The summed E-state index contributed by atoms with van der Waals surface area (Å²) in [5.41, 5.74) is 2.41. The highest BCUT2D eigenvalue weighted by Crippen LogP contribution is 2.39. The molecule has 43 heavy (non-hydrogen) atoms. The molecule has 0 amide bonds. The van der Waals surface area contributed by atoms with Gasteiger partial charge < -0.3 is 24.3 Å². The average Bonchev–Trinajstić information content (AvgIpc) is 3.56. The van der Waals surface area contributed by atoms with Gasteiger partial charge in [0.15, 0.2) is 5.82 Å². The Labute approximate surface area is 250 Å². The summed E-state index contributed by atoms with van der Waals surface area (Å²) in [7, 11) is 1.84. The number of ether oxygens (including phenoxy) is 4. The Morgan fingerprint density at radius 2 is 1.88 bits per heavy atom. The van der Waals surface area contributed by atoms with Crippen molar-refractivity contribution < 1.29 is 18.9 Å². The lowest BCUT2D eigenvalue weighted by molar-refractivity contribution is -0.0734. The van der Waals surface area contributed by atoms with E-state index in [-0.39, 0.29) is 6.10 Å². The zero-order valence-electron chi connectivity index (χ0n) is 24.8. The minimum absolute atomic E-state index is 0.145. The van der Waals surface area contributed by atoms with Gasteiger partial charge in [-0.2, -0.15) is 5.10 Å². The molecule has 3 aliphatic heterocycles. The Morgan fingerprint density at radius 3 is 2.67 bits per heavy atom. The van der Waals surface area contributed by atoms with E-state index in [9.17, 15) is 0 Å². The number of anilines is 2. The van der Waals surface area contributed by atoms with Crippen LogP contribution in [0.1, 0.15) is 39.2 Å². The lowest BCUT2D eigenvalue weighted by Crippen LogP contribution is -2.51. The second kappa shape index (κ2) is 11.8. The van der Waals surface area contributed by atoms with Crippen LogP contribution < -0.4 is 19.5 Å². The third-order valence-corrected chi connectivity index (χ3v) is 8.27. The van der Waals surface area contributed by atoms with Crippen LogP contribution in [0.4, 0.5) is 11.6 Å². The average molecular weight is 588 g/mol. The standard InChI is InChI=1S/C30H37N9O4/c1-4-41-29-24(16-39(36-29)20-6-10-38(11-7-20)21-17-40-18-21)22-14-32-27-13-25(22)43-19(2)8-12-42-30-23(15-33-37(30)3)28-31-9-5-26(34-27)35-28/h5,9,13-16,19-21H,4,6-8,10-12,17-18H2,1-3H3,(H,31,32,34,35)/t19-/m0/s1. The predicted octanol–water partition coefficient (Wildman–Crippen LogP) is 3.86. The molecule has 4 bridgehead atoms. The molecule has 7 heterocycles. The van der Waals surface area contributed by atoms with E-state index in [1.807, 2.05) is 33.2 Å². The Hall–Kier alpha value is -4.23. The summed E-state index contributed by atoms with van der Waals surface area (Å²) in [5, 5.41) is 12.6. The third kappa shape index (κ3) is 5.62. The molecule has 4 aromatic rings. The number of aryl methyl sites for hydroxylation is 1. The molecule has 0 saturated carbocycles. The van der Waals surface area contributed by atoms with Gasteiger partial charge in [0, 0.05) is 56.8 Å². The van der Waals surface area contributed by atoms with E-state index in [1.165, 1.54) is 0 Å². The number of hydrogen-bond donors (Lipinski definition) is 1. The van der Waals surface area contributed by atoms with Gasteiger partial charge in [-0.3, -0.25) is 9.58 Å². The molecule has 1 N–H and O–H groups in total. The number of nitrogens with zero attached hydrogens (tertiary/aromatic N) is 8. The van der Waals surface area contributed by atoms with Gasteiger partial charge in [-0.05, 0) is 32.8 Å². The second-order valence-electron chi connectivity index (χ2n) is 11.2. The highest BCUT2D eigenvalue weighted by Gasteiger charge is 2.31. The van der Waals surface area contributed by atoms with Crippen molar-refractivity contribution in [1.29, 1.82) is 0 Å². The number of fused-ring (bicyclic) bond motifs is 6. The number of nitrogens with one attached hydrogen (secondary N) is 1. The lowest BCUT2D eigenvalue weighted by atomic mass is 10.0. The quantitative estimate of drug-likeness (QED) is 0.366. The summed E-state index contributed by atoms with van der Waals surface area (Å²) in [4.78, 5) is 16.4. The Bertz CT molecular complexity index is 1580. The molecule has 2 saturated heterocycles. The number of hydrogen-bond acceptors (Lipinski definition) is 11. The van der Waals surface area contributed by atoms with Gasteiger partial charge in [0.25, 0.3) is 0 Å². The van der Waals surface area contributed by atoms with E-state index < -0.39 is 0 Å². The number of likely N-dealkylation sites (tertiary alicyclic amines) is 1. The fourth-order valence-corrected chi connectivity index (χ4v) is 5.78. The van der Waals surface area contributed by atoms with Crippen molar-refractivity contribution in [3.63, 3.8) is 0 Å². The van der Waals surface area contributed by atoms with E-state index in [0.29, 0.717) is 66.7 Å². The van der Waals surface area contributed by atoms with Gasteiger partial charge >= 0.3 is 0 Å². The molecule has 0 aromatic carbocycles. The summed E-state index contributed by atoms with van der Waals surface area (Å²) in [6, 6.07) is 4.56. The largest absolute Gasteiger partial charge is 0.490 e. The van der Waals surface area contributed by atoms with Gasteiger partial charge in [0.2, 0.25) is 11.8 Å². The first-order chi connectivity index (χ1) is 21.1. The maximum absolute atomic E-state index is 6.56. The van der Waals surface area contributed by atoms with Crippen LogP contribution in [0.2, 0.25) is 0 Å². The SMILES string of the molecule is CCOc1nn(C2CCN(C3COC3)CC2)cc1-c1cnc2cc1O[C@@H](C)CCOc1c(cnn1C)-c1nccc(n1)N2. The molecule has 3 aliphatic rings. The Balaban J connectivity index is 1.20. The smallest absolute Gasteiger partial charge is 0.240 e. The third-order valence-electron chi connectivity index (χ3n) is 8.27. The van der Waals surface area contributed by atoms with Crippen LogP contribution in [-0.4, -0.2) is 91.1 Å². The first kappa shape index (κ1) is 27.6. The van der Waals surface area contributed by atoms with Crippen LogP contribution in [0.3, 0.4) is 0 Å². The number of piperidine rings is 1. The van der Waals surface area contributed by atoms with E-state index in [4.69, 9.17) is 34.0 Å². The fraction of sp³-hybridized carbons (Fsp3) is 0.500. The number of rotatable bonds is 5. The zero-order valence-corrected chi connectivity index (χ0v) is 24.8. The number of pyridine rings is 1. The number of aromatic nitrogens is 7. The Morgan fingerprint density at radius 1 is 1.02 bits per heavy atom. The molecule has 0 aliphatic carbocycles. The summed E-state index contributed by atoms with van der Waals surface area (Å²) in [5.74, 6) is 3.59. The van der Waals surface area contributed by atoms with Crippen LogP contribution >= 0.6 is 0 Å². The van der Waals surface area contributed by atoms with Crippen molar-refractivity contribution in [3.05, 3.63) is 36.9 Å². The van der Waals surface area contributed by atoms with Crippen LogP contribution in [0.5, 0.6) is 17.5 Å². The maximum atomic E-state index is 6.56. The van der Waals surface area contributed by atoms with Crippen molar-refractivity contribution in [3.8, 4) is 40.0 Å². The molecular weight excluding hydrogens is 550 g/mol. The molecule has 0 unspecified atom stereocenters. The van der Waals surface area contributed by atoms with E-state index in [1.54, 1.807) is 23.1 Å². The monoisotopic (exact) mass is 587 g/mol. The summed E-state index contributed by atoms with van der Waals surface area (Å²) in [6.45, 7) is 8.73. The molecular formula is C30H37N9O4. The zero-order chi connectivity index (χ0) is 29.3. The molecule has 1 atom stereocenters. The van der Waals surface area contributed by atoms with Crippen LogP contribution in [0.25, 0.3) is 22.5 Å². The molecule has 7 rings (SSSR count). The van der Waals surface area contributed by atoms with Crippen molar-refractivity contribution >= 4 is 11.6 Å².